The van der Waals surface area contributed by atoms with Gasteiger partial charge in [0.2, 0.25) is 0 Å². The third kappa shape index (κ3) is 2.63. The second-order valence-corrected chi connectivity index (χ2v) is 6.64. The Labute approximate surface area is 118 Å². The number of rotatable bonds is 2. The maximum atomic E-state index is 3.63. The average molecular weight is 309 g/mol. The summed E-state index contributed by atoms with van der Waals surface area (Å²) in [7, 11) is 0. The maximum Gasteiger partial charge on any atom is 0.0234 e. The van der Waals surface area contributed by atoms with Crippen LogP contribution in [0.1, 0.15) is 17.5 Å². The van der Waals surface area contributed by atoms with Crippen molar-refractivity contribution in [2.45, 2.75) is 19.9 Å². The third-order valence-electron chi connectivity index (χ3n) is 4.43. The highest BCUT2D eigenvalue weighted by atomic mass is 79.9. The summed E-state index contributed by atoms with van der Waals surface area (Å²) in [5.41, 5.74) is 2.74. The largest absolute Gasteiger partial charge is 0.316 e. The zero-order chi connectivity index (χ0) is 12.5. The van der Waals surface area contributed by atoms with Crippen molar-refractivity contribution in [3.05, 3.63) is 33.8 Å². The van der Waals surface area contributed by atoms with Crippen LogP contribution in [0.3, 0.4) is 0 Å². The molecule has 2 atom stereocenters. The van der Waals surface area contributed by atoms with Crippen molar-refractivity contribution in [2.75, 3.05) is 26.2 Å². The van der Waals surface area contributed by atoms with Gasteiger partial charge in [-0.15, -0.1) is 0 Å². The van der Waals surface area contributed by atoms with Gasteiger partial charge in [0.15, 0.2) is 0 Å². The Bertz CT molecular complexity index is 433. The van der Waals surface area contributed by atoms with Gasteiger partial charge in [0.25, 0.3) is 0 Å². The van der Waals surface area contributed by atoms with Crippen molar-refractivity contribution in [2.24, 2.45) is 11.8 Å². The average Bonchev–Trinajstić information content (AvgIpc) is 2.81. The highest BCUT2D eigenvalue weighted by Gasteiger charge is 2.32. The molecule has 1 aromatic rings. The van der Waals surface area contributed by atoms with Crippen LogP contribution in [0, 0.1) is 18.8 Å². The predicted octanol–water partition coefficient (Wildman–Crippen LogP) is 2.80. The fourth-order valence-electron chi connectivity index (χ4n) is 3.25. The Morgan fingerprint density at radius 1 is 1.33 bits per heavy atom. The molecular weight excluding hydrogens is 288 g/mol. The molecule has 1 N–H and O–H groups in total. The summed E-state index contributed by atoms with van der Waals surface area (Å²) < 4.78 is 1.23. The molecule has 0 aromatic heterocycles. The Balaban J connectivity index is 1.64. The van der Waals surface area contributed by atoms with Gasteiger partial charge >= 0.3 is 0 Å². The van der Waals surface area contributed by atoms with E-state index in [4.69, 9.17) is 0 Å². The van der Waals surface area contributed by atoms with Gasteiger partial charge in [-0.25, -0.2) is 0 Å². The molecule has 1 aromatic carbocycles. The number of aryl methyl sites for hydroxylation is 1. The van der Waals surface area contributed by atoms with E-state index < -0.39 is 0 Å². The molecule has 0 aliphatic carbocycles. The molecule has 2 heterocycles. The van der Waals surface area contributed by atoms with E-state index in [9.17, 15) is 0 Å². The molecule has 18 heavy (non-hydrogen) atoms. The van der Waals surface area contributed by atoms with Gasteiger partial charge in [0.05, 0.1) is 0 Å². The predicted molar refractivity (Wildman–Crippen MR) is 78.6 cm³/mol. The van der Waals surface area contributed by atoms with E-state index in [1.165, 1.54) is 48.2 Å². The van der Waals surface area contributed by atoms with Crippen molar-refractivity contribution in [1.29, 1.82) is 0 Å². The number of halogens is 1. The molecule has 2 aliphatic rings. The lowest BCUT2D eigenvalue weighted by molar-refractivity contribution is 0.142. The standard InChI is InChI=1S/C15H21BrN2/c1-11-2-3-12(6-15(11)16)9-18-5-4-13-7-17-8-14(13)10-18/h2-3,6,13-14,17H,4-5,7-10H2,1H3. The summed E-state index contributed by atoms with van der Waals surface area (Å²) in [5.74, 6) is 1.82. The first-order chi connectivity index (χ1) is 8.72. The maximum absolute atomic E-state index is 3.63. The number of fused-ring (bicyclic) bond motifs is 1. The van der Waals surface area contributed by atoms with Crippen LogP contribution >= 0.6 is 15.9 Å². The van der Waals surface area contributed by atoms with Crippen LogP contribution in [0.25, 0.3) is 0 Å². The summed E-state index contributed by atoms with van der Waals surface area (Å²) in [6, 6.07) is 6.75. The summed E-state index contributed by atoms with van der Waals surface area (Å²) in [5, 5.41) is 3.53. The van der Waals surface area contributed by atoms with E-state index in [2.05, 4.69) is 51.3 Å². The first-order valence-electron chi connectivity index (χ1n) is 6.90. The summed E-state index contributed by atoms with van der Waals surface area (Å²) >= 11 is 3.63. The lowest BCUT2D eigenvalue weighted by Crippen LogP contribution is -2.39. The zero-order valence-electron chi connectivity index (χ0n) is 11.0. The van der Waals surface area contributed by atoms with E-state index in [0.29, 0.717) is 0 Å². The van der Waals surface area contributed by atoms with Crippen LogP contribution in [0.2, 0.25) is 0 Å². The minimum absolute atomic E-state index is 0.882. The van der Waals surface area contributed by atoms with Gasteiger partial charge in [-0.2, -0.15) is 0 Å². The normalized spacial score (nSPS) is 28.3. The summed E-state index contributed by atoms with van der Waals surface area (Å²) in [4.78, 5) is 2.62. The van der Waals surface area contributed by atoms with Crippen LogP contribution < -0.4 is 5.32 Å². The lowest BCUT2D eigenvalue weighted by Gasteiger charge is -2.34. The van der Waals surface area contributed by atoms with Crippen LogP contribution in [-0.4, -0.2) is 31.1 Å². The molecule has 2 fully saturated rings. The van der Waals surface area contributed by atoms with Gasteiger partial charge in [-0.1, -0.05) is 28.1 Å². The molecule has 2 saturated heterocycles. The molecule has 98 valence electrons. The first kappa shape index (κ1) is 12.6. The lowest BCUT2D eigenvalue weighted by atomic mass is 9.88. The first-order valence-corrected chi connectivity index (χ1v) is 7.70. The summed E-state index contributed by atoms with van der Waals surface area (Å²) in [6.07, 6.45) is 1.37. The molecule has 0 radical (unpaired) electrons. The van der Waals surface area contributed by atoms with Gasteiger partial charge in [-0.05, 0) is 62.0 Å². The van der Waals surface area contributed by atoms with Crippen molar-refractivity contribution in [3.8, 4) is 0 Å². The highest BCUT2D eigenvalue weighted by molar-refractivity contribution is 9.10. The molecule has 0 spiro atoms. The molecule has 2 aliphatic heterocycles. The van der Waals surface area contributed by atoms with Gasteiger partial charge in [0.1, 0.15) is 0 Å². The number of benzene rings is 1. The molecule has 2 unspecified atom stereocenters. The zero-order valence-corrected chi connectivity index (χ0v) is 12.5. The minimum Gasteiger partial charge on any atom is -0.316 e. The van der Waals surface area contributed by atoms with Crippen LogP contribution in [0.15, 0.2) is 22.7 Å². The van der Waals surface area contributed by atoms with Crippen molar-refractivity contribution in [3.63, 3.8) is 0 Å². The fourth-order valence-corrected chi connectivity index (χ4v) is 3.67. The topological polar surface area (TPSA) is 15.3 Å². The smallest absolute Gasteiger partial charge is 0.0234 e. The Morgan fingerprint density at radius 3 is 3.00 bits per heavy atom. The van der Waals surface area contributed by atoms with Crippen molar-refractivity contribution >= 4 is 15.9 Å². The van der Waals surface area contributed by atoms with Crippen molar-refractivity contribution in [1.82, 2.24) is 10.2 Å². The molecule has 0 bridgehead atoms. The van der Waals surface area contributed by atoms with E-state index in [0.717, 1.165) is 18.4 Å². The second kappa shape index (κ2) is 5.32. The number of nitrogens with zero attached hydrogens (tertiary/aromatic N) is 1. The number of likely N-dealkylation sites (tertiary alicyclic amines) is 1. The van der Waals surface area contributed by atoms with Gasteiger partial charge in [0, 0.05) is 17.6 Å². The van der Waals surface area contributed by atoms with Crippen LogP contribution in [-0.2, 0) is 6.54 Å². The number of hydrogen-bond donors (Lipinski definition) is 1. The molecule has 3 heteroatoms. The highest BCUT2D eigenvalue weighted by Crippen LogP contribution is 2.28. The number of piperidine rings is 1. The minimum atomic E-state index is 0.882. The van der Waals surface area contributed by atoms with E-state index in [1.54, 1.807) is 0 Å². The Kier molecular flexibility index (Phi) is 3.73. The monoisotopic (exact) mass is 308 g/mol. The SMILES string of the molecule is Cc1ccc(CN2CCC3CNCC3C2)cc1Br. The third-order valence-corrected chi connectivity index (χ3v) is 5.29. The van der Waals surface area contributed by atoms with E-state index in [1.807, 2.05) is 0 Å². The Hall–Kier alpha value is -0.380. The molecule has 3 rings (SSSR count). The van der Waals surface area contributed by atoms with Crippen LogP contribution in [0.4, 0.5) is 0 Å². The van der Waals surface area contributed by atoms with Gasteiger partial charge < -0.3 is 5.32 Å². The van der Waals surface area contributed by atoms with E-state index >= 15 is 0 Å². The molecule has 0 saturated carbocycles. The number of hydrogen-bond acceptors (Lipinski definition) is 2. The second-order valence-electron chi connectivity index (χ2n) is 5.79. The van der Waals surface area contributed by atoms with Crippen LogP contribution in [0.5, 0.6) is 0 Å². The molecule has 0 amide bonds. The van der Waals surface area contributed by atoms with Gasteiger partial charge in [-0.3, -0.25) is 4.90 Å². The quantitative estimate of drug-likeness (QED) is 0.904. The Morgan fingerprint density at radius 2 is 2.17 bits per heavy atom. The van der Waals surface area contributed by atoms with Crippen molar-refractivity contribution < 1.29 is 0 Å². The summed E-state index contributed by atoms with van der Waals surface area (Å²) in [6.45, 7) is 8.23. The number of nitrogens with one attached hydrogen (secondary N) is 1. The molecular formula is C15H21BrN2. The molecule has 2 nitrogen and oxygen atoms in total. The fraction of sp³-hybridized carbons (Fsp3) is 0.600. The van der Waals surface area contributed by atoms with E-state index in [-0.39, 0.29) is 0 Å².